The Balaban J connectivity index is 1.58. The van der Waals surface area contributed by atoms with Crippen LogP contribution in [0, 0.1) is 5.82 Å². The molecule has 5 aromatic rings. The van der Waals surface area contributed by atoms with Crippen LogP contribution in [-0.4, -0.2) is 30.2 Å². The van der Waals surface area contributed by atoms with Gasteiger partial charge in [0, 0.05) is 28.6 Å². The van der Waals surface area contributed by atoms with Crippen LogP contribution in [0.5, 0.6) is 5.75 Å². The Bertz CT molecular complexity index is 1840. The molecule has 4 aromatic carbocycles. The summed E-state index contributed by atoms with van der Waals surface area (Å²) in [5, 5.41) is 4.70. The molecule has 0 amide bonds. The number of para-hydroxylation sites is 1. The van der Waals surface area contributed by atoms with E-state index in [4.69, 9.17) is 15.2 Å². The van der Waals surface area contributed by atoms with Crippen LogP contribution >= 0.6 is 0 Å². The number of ether oxygens (including phenoxy) is 2. The summed E-state index contributed by atoms with van der Waals surface area (Å²) in [5.74, 6) is -0.647. The lowest BCUT2D eigenvalue weighted by atomic mass is 9.97. The maximum atomic E-state index is 15.5. The molecule has 10 heteroatoms. The predicted molar refractivity (Wildman–Crippen MR) is 159 cm³/mol. The van der Waals surface area contributed by atoms with Crippen LogP contribution < -0.4 is 10.5 Å². The number of carbonyl (C=O) groups excluding carboxylic acids is 1. The Kier molecular flexibility index (Phi) is 8.65. The molecule has 1 heterocycles. The second kappa shape index (κ2) is 12.5. The zero-order valence-corrected chi connectivity index (χ0v) is 23.8. The number of aromatic nitrogens is 2. The average molecular weight is 588 g/mol. The molecule has 8 nitrogen and oxygen atoms in total. The number of carbonyl (C=O) groups is 1. The molecule has 2 N–H and O–H groups in total. The van der Waals surface area contributed by atoms with Crippen LogP contribution in [0.1, 0.15) is 29.2 Å². The molecule has 0 aliphatic heterocycles. The minimum absolute atomic E-state index is 0.00752. The number of benzene rings is 4. The first-order valence-corrected chi connectivity index (χ1v) is 15.0. The number of halogens is 1. The van der Waals surface area contributed by atoms with Crippen molar-refractivity contribution in [2.45, 2.75) is 32.2 Å². The molecule has 0 saturated carbocycles. The first kappa shape index (κ1) is 29.0. The summed E-state index contributed by atoms with van der Waals surface area (Å²) in [6.45, 7) is 2.04. The van der Waals surface area contributed by atoms with Crippen molar-refractivity contribution in [1.82, 2.24) is 9.19 Å². The molecule has 0 atom stereocenters. The van der Waals surface area contributed by atoms with Crippen LogP contribution in [0.15, 0.2) is 91.1 Å². The summed E-state index contributed by atoms with van der Waals surface area (Å²) in [4.78, 5) is 12.1. The van der Waals surface area contributed by atoms with E-state index < -0.39 is 15.8 Å². The van der Waals surface area contributed by atoms with Crippen molar-refractivity contribution in [2.75, 3.05) is 6.61 Å². The van der Waals surface area contributed by atoms with Gasteiger partial charge in [0.1, 0.15) is 18.2 Å². The monoisotopic (exact) mass is 587 g/mol. The highest BCUT2D eigenvalue weighted by Gasteiger charge is 2.22. The van der Waals surface area contributed by atoms with Crippen molar-refractivity contribution < 1.29 is 27.1 Å². The highest BCUT2D eigenvalue weighted by molar-refractivity contribution is 7.89. The molecule has 0 radical (unpaired) electrons. The summed E-state index contributed by atoms with van der Waals surface area (Å²) in [6.07, 6.45) is 1.47. The van der Waals surface area contributed by atoms with Crippen molar-refractivity contribution in [2.24, 2.45) is 5.73 Å². The number of nitrogens with zero attached hydrogens (tertiary/aromatic N) is 2. The molecular formula is C32H30FN3O5S. The smallest absolute Gasteiger partial charge is 0.310 e. The van der Waals surface area contributed by atoms with Gasteiger partial charge in [-0.2, -0.15) is 9.19 Å². The van der Waals surface area contributed by atoms with Gasteiger partial charge in [-0.25, -0.2) is 12.8 Å². The van der Waals surface area contributed by atoms with Crippen molar-refractivity contribution in [3.63, 3.8) is 0 Å². The minimum Gasteiger partial charge on any atom is -0.489 e. The SMILES string of the molecule is CCOC(=O)Cc1ccccc1OCc1cc(-c2cccc(CN)c2F)c2cnn(S(=O)(=O)Cc3ccccc3)c2c1. The molecule has 42 heavy (non-hydrogen) atoms. The second-order valence-electron chi connectivity index (χ2n) is 9.67. The Morgan fingerprint density at radius 2 is 1.67 bits per heavy atom. The van der Waals surface area contributed by atoms with Crippen LogP contribution in [0.3, 0.4) is 0 Å². The molecule has 0 aliphatic carbocycles. The standard InChI is InChI=1S/C32H30FN3O5S/c1-2-40-31(37)17-24-11-6-7-14-30(24)41-20-23-15-27(26-13-8-12-25(18-34)32(26)33)28-19-35-36(29(28)16-23)42(38,39)21-22-9-4-3-5-10-22/h3-16,19H,2,17-18,20-21,34H2,1H3. The van der Waals surface area contributed by atoms with E-state index in [2.05, 4.69) is 5.10 Å². The summed E-state index contributed by atoms with van der Waals surface area (Å²) < 4.78 is 54.8. The minimum atomic E-state index is -3.93. The number of fused-ring (bicyclic) bond motifs is 1. The third-order valence-electron chi connectivity index (χ3n) is 6.77. The van der Waals surface area contributed by atoms with Gasteiger partial charge in [-0.1, -0.05) is 66.7 Å². The third kappa shape index (κ3) is 6.19. The quantitative estimate of drug-likeness (QED) is 0.207. The van der Waals surface area contributed by atoms with Crippen LogP contribution in [0.25, 0.3) is 22.0 Å². The largest absolute Gasteiger partial charge is 0.489 e. The molecule has 0 unspecified atom stereocenters. The number of nitrogens with two attached hydrogens (primary N) is 1. The van der Waals surface area contributed by atoms with E-state index in [1.54, 1.807) is 85.8 Å². The van der Waals surface area contributed by atoms with E-state index in [0.29, 0.717) is 44.5 Å². The van der Waals surface area contributed by atoms with Gasteiger partial charge in [0.05, 0.1) is 30.5 Å². The maximum absolute atomic E-state index is 15.5. The van der Waals surface area contributed by atoms with Crippen molar-refractivity contribution >= 4 is 26.9 Å². The fraction of sp³-hybridized carbons (Fsp3) is 0.188. The molecule has 0 fully saturated rings. The fourth-order valence-electron chi connectivity index (χ4n) is 4.80. The number of hydrogen-bond acceptors (Lipinski definition) is 7. The van der Waals surface area contributed by atoms with E-state index >= 15 is 4.39 Å². The molecule has 5 rings (SSSR count). The van der Waals surface area contributed by atoms with Gasteiger partial charge in [-0.15, -0.1) is 0 Å². The van der Waals surface area contributed by atoms with Gasteiger partial charge < -0.3 is 15.2 Å². The highest BCUT2D eigenvalue weighted by atomic mass is 32.2. The summed E-state index contributed by atoms with van der Waals surface area (Å²) >= 11 is 0. The number of rotatable bonds is 11. The predicted octanol–water partition coefficient (Wildman–Crippen LogP) is 5.36. The molecule has 1 aromatic heterocycles. The van der Waals surface area contributed by atoms with Gasteiger partial charge in [-0.3, -0.25) is 4.79 Å². The Morgan fingerprint density at radius 3 is 2.43 bits per heavy atom. The van der Waals surface area contributed by atoms with E-state index in [1.165, 1.54) is 6.20 Å². The molecular weight excluding hydrogens is 557 g/mol. The van der Waals surface area contributed by atoms with Gasteiger partial charge in [0.2, 0.25) is 0 Å². The number of esters is 1. The van der Waals surface area contributed by atoms with Crippen molar-refractivity contribution in [3.05, 3.63) is 119 Å². The first-order chi connectivity index (χ1) is 20.3. The Labute approximate surface area is 243 Å². The maximum Gasteiger partial charge on any atom is 0.310 e. The van der Waals surface area contributed by atoms with Crippen LogP contribution in [0.4, 0.5) is 4.39 Å². The Morgan fingerprint density at radius 1 is 0.929 bits per heavy atom. The van der Waals surface area contributed by atoms with E-state index in [-0.39, 0.29) is 43.5 Å². The number of hydrogen-bond donors (Lipinski definition) is 1. The zero-order chi connectivity index (χ0) is 29.7. The van der Waals surface area contributed by atoms with Crippen LogP contribution in [0.2, 0.25) is 0 Å². The van der Waals surface area contributed by atoms with Crippen molar-refractivity contribution in [1.29, 1.82) is 0 Å². The van der Waals surface area contributed by atoms with Gasteiger partial charge in [0.15, 0.2) is 0 Å². The molecule has 0 spiro atoms. The lowest BCUT2D eigenvalue weighted by Crippen LogP contribution is -2.16. The lowest BCUT2D eigenvalue weighted by Gasteiger charge is -2.14. The Hall–Kier alpha value is -4.54. The van der Waals surface area contributed by atoms with Crippen molar-refractivity contribution in [3.8, 4) is 16.9 Å². The zero-order valence-electron chi connectivity index (χ0n) is 23.0. The fourth-order valence-corrected chi connectivity index (χ4v) is 6.18. The third-order valence-corrected chi connectivity index (χ3v) is 8.28. The van der Waals surface area contributed by atoms with E-state index in [9.17, 15) is 13.2 Å². The van der Waals surface area contributed by atoms with E-state index in [0.717, 1.165) is 4.09 Å². The van der Waals surface area contributed by atoms with Gasteiger partial charge >= 0.3 is 5.97 Å². The average Bonchev–Trinajstić information content (AvgIpc) is 3.42. The second-order valence-corrected chi connectivity index (χ2v) is 11.5. The molecule has 216 valence electrons. The van der Waals surface area contributed by atoms with Gasteiger partial charge in [-0.05, 0) is 41.8 Å². The summed E-state index contributed by atoms with van der Waals surface area (Å²) in [7, 11) is -3.93. The molecule has 0 aliphatic rings. The highest BCUT2D eigenvalue weighted by Crippen LogP contribution is 2.34. The molecule has 0 saturated heterocycles. The normalized spacial score (nSPS) is 11.5. The first-order valence-electron chi connectivity index (χ1n) is 13.4. The topological polar surface area (TPSA) is 114 Å². The van der Waals surface area contributed by atoms with E-state index in [1.807, 2.05) is 6.07 Å². The molecule has 0 bridgehead atoms. The van der Waals surface area contributed by atoms with Gasteiger partial charge in [0.25, 0.3) is 10.0 Å². The summed E-state index contributed by atoms with van der Waals surface area (Å²) in [5.41, 5.74) is 8.96. The lowest BCUT2D eigenvalue weighted by molar-refractivity contribution is -0.142. The van der Waals surface area contributed by atoms with Crippen LogP contribution in [-0.2, 0) is 44.9 Å². The summed E-state index contributed by atoms with van der Waals surface area (Å²) in [6, 6.07) is 24.3.